The molecule has 0 saturated heterocycles. The van der Waals surface area contributed by atoms with Crippen LogP contribution in [0.1, 0.15) is 11.3 Å². The SMILES string of the molecule is COc1ccccc1OCc1nc(SC)nc(N)c1C#N. The van der Waals surface area contributed by atoms with E-state index in [9.17, 15) is 0 Å². The highest BCUT2D eigenvalue weighted by Gasteiger charge is 2.13. The standard InChI is InChI=1S/C14H14N4O2S/c1-19-11-5-3-4-6-12(11)20-8-10-9(7-15)13(16)18-14(17-10)21-2/h3-6H,8H2,1-2H3,(H2,16,17,18). The minimum absolute atomic E-state index is 0.115. The van der Waals surface area contributed by atoms with E-state index >= 15 is 0 Å². The summed E-state index contributed by atoms with van der Waals surface area (Å²) in [7, 11) is 1.57. The van der Waals surface area contributed by atoms with E-state index in [0.717, 1.165) is 0 Å². The minimum atomic E-state index is 0.115. The lowest BCUT2D eigenvalue weighted by Gasteiger charge is -2.11. The molecule has 7 heteroatoms. The van der Waals surface area contributed by atoms with Gasteiger partial charge in [0.15, 0.2) is 16.7 Å². The van der Waals surface area contributed by atoms with Gasteiger partial charge >= 0.3 is 0 Å². The maximum Gasteiger partial charge on any atom is 0.189 e. The molecular weight excluding hydrogens is 288 g/mol. The van der Waals surface area contributed by atoms with Crippen LogP contribution < -0.4 is 15.2 Å². The lowest BCUT2D eigenvalue weighted by atomic mass is 10.2. The van der Waals surface area contributed by atoms with Gasteiger partial charge in [-0.05, 0) is 18.4 Å². The highest BCUT2D eigenvalue weighted by molar-refractivity contribution is 7.98. The molecule has 1 aromatic carbocycles. The first kappa shape index (κ1) is 14.9. The van der Waals surface area contributed by atoms with Crippen LogP contribution in [0.2, 0.25) is 0 Å². The fourth-order valence-electron chi connectivity index (χ4n) is 1.70. The number of nitriles is 1. The summed E-state index contributed by atoms with van der Waals surface area (Å²) in [5.41, 5.74) is 6.46. The summed E-state index contributed by atoms with van der Waals surface area (Å²) < 4.78 is 10.9. The number of hydrogen-bond acceptors (Lipinski definition) is 7. The van der Waals surface area contributed by atoms with Crippen molar-refractivity contribution in [1.29, 1.82) is 5.26 Å². The van der Waals surface area contributed by atoms with Crippen molar-refractivity contribution in [3.05, 3.63) is 35.5 Å². The first-order valence-electron chi connectivity index (χ1n) is 6.06. The number of methoxy groups -OCH3 is 1. The Labute approximate surface area is 126 Å². The largest absolute Gasteiger partial charge is 0.493 e. The molecule has 0 aliphatic heterocycles. The van der Waals surface area contributed by atoms with Gasteiger partial charge in [0.25, 0.3) is 0 Å². The second kappa shape index (κ2) is 6.81. The zero-order chi connectivity index (χ0) is 15.2. The van der Waals surface area contributed by atoms with Crippen molar-refractivity contribution >= 4 is 17.6 Å². The Hall–Kier alpha value is -2.46. The molecule has 6 nitrogen and oxygen atoms in total. The molecular formula is C14H14N4O2S. The molecule has 2 rings (SSSR count). The number of para-hydroxylation sites is 2. The molecule has 0 unspecified atom stereocenters. The average Bonchev–Trinajstić information content (AvgIpc) is 2.52. The molecule has 0 bridgehead atoms. The second-order valence-electron chi connectivity index (χ2n) is 3.97. The minimum Gasteiger partial charge on any atom is -0.493 e. The third kappa shape index (κ3) is 3.35. The lowest BCUT2D eigenvalue weighted by Crippen LogP contribution is -2.08. The highest BCUT2D eigenvalue weighted by atomic mass is 32.2. The zero-order valence-electron chi connectivity index (χ0n) is 11.7. The van der Waals surface area contributed by atoms with Crippen LogP contribution in [-0.2, 0) is 6.61 Å². The summed E-state index contributed by atoms with van der Waals surface area (Å²) in [6, 6.07) is 9.27. The van der Waals surface area contributed by atoms with Gasteiger partial charge in [-0.15, -0.1) is 0 Å². The van der Waals surface area contributed by atoms with Crippen molar-refractivity contribution in [3.63, 3.8) is 0 Å². The van der Waals surface area contributed by atoms with Crippen molar-refractivity contribution in [1.82, 2.24) is 9.97 Å². The summed E-state index contributed by atoms with van der Waals surface area (Å²) in [6.07, 6.45) is 1.84. The molecule has 0 aliphatic carbocycles. The van der Waals surface area contributed by atoms with E-state index < -0.39 is 0 Å². The molecule has 0 amide bonds. The third-order valence-corrected chi connectivity index (χ3v) is 3.27. The van der Waals surface area contributed by atoms with E-state index in [1.807, 2.05) is 24.5 Å². The molecule has 0 fully saturated rings. The van der Waals surface area contributed by atoms with Gasteiger partial charge in [0.2, 0.25) is 0 Å². The number of nitrogen functional groups attached to an aromatic ring is 1. The molecule has 0 spiro atoms. The fraction of sp³-hybridized carbons (Fsp3) is 0.214. The quantitative estimate of drug-likeness (QED) is 0.668. The number of ether oxygens (including phenoxy) is 2. The van der Waals surface area contributed by atoms with Crippen molar-refractivity contribution in [2.45, 2.75) is 11.8 Å². The summed E-state index contributed by atoms with van der Waals surface area (Å²) in [5.74, 6) is 1.35. The monoisotopic (exact) mass is 302 g/mol. The van der Waals surface area contributed by atoms with Crippen LogP contribution in [-0.4, -0.2) is 23.3 Å². The molecule has 1 heterocycles. The molecule has 108 valence electrons. The average molecular weight is 302 g/mol. The van der Waals surface area contributed by atoms with Crippen molar-refractivity contribution < 1.29 is 9.47 Å². The second-order valence-corrected chi connectivity index (χ2v) is 4.74. The Balaban J connectivity index is 2.27. The summed E-state index contributed by atoms with van der Waals surface area (Å²) in [4.78, 5) is 8.32. The Morgan fingerprint density at radius 3 is 2.62 bits per heavy atom. The number of aromatic nitrogens is 2. The van der Waals surface area contributed by atoms with Crippen LogP contribution in [0, 0.1) is 11.3 Å². The number of thioether (sulfide) groups is 1. The van der Waals surface area contributed by atoms with Gasteiger partial charge in [-0.25, -0.2) is 9.97 Å². The smallest absolute Gasteiger partial charge is 0.189 e. The first-order valence-corrected chi connectivity index (χ1v) is 7.28. The number of benzene rings is 1. The van der Waals surface area contributed by atoms with Gasteiger partial charge in [0, 0.05) is 0 Å². The molecule has 0 saturated carbocycles. The molecule has 2 aromatic rings. The number of anilines is 1. The van der Waals surface area contributed by atoms with Crippen LogP contribution in [0.3, 0.4) is 0 Å². The van der Waals surface area contributed by atoms with Crippen LogP contribution >= 0.6 is 11.8 Å². The Bertz CT molecular complexity index is 685. The number of nitrogens with zero attached hydrogens (tertiary/aromatic N) is 3. The molecule has 1 aromatic heterocycles. The van der Waals surface area contributed by atoms with Gasteiger partial charge < -0.3 is 15.2 Å². The molecule has 0 aliphatic rings. The van der Waals surface area contributed by atoms with E-state index in [4.69, 9.17) is 20.5 Å². The molecule has 0 radical (unpaired) electrons. The van der Waals surface area contributed by atoms with E-state index in [1.54, 1.807) is 19.2 Å². The van der Waals surface area contributed by atoms with Gasteiger partial charge in [-0.2, -0.15) is 5.26 Å². The maximum atomic E-state index is 9.16. The van der Waals surface area contributed by atoms with Crippen molar-refractivity contribution in [2.75, 3.05) is 19.1 Å². The van der Waals surface area contributed by atoms with Crippen LogP contribution in [0.15, 0.2) is 29.4 Å². The van der Waals surface area contributed by atoms with Crippen molar-refractivity contribution in [3.8, 4) is 17.6 Å². The van der Waals surface area contributed by atoms with Gasteiger partial charge in [-0.3, -0.25) is 0 Å². The maximum absolute atomic E-state index is 9.16. The van der Waals surface area contributed by atoms with Crippen molar-refractivity contribution in [2.24, 2.45) is 0 Å². The van der Waals surface area contributed by atoms with E-state index in [0.29, 0.717) is 22.3 Å². The summed E-state index contributed by atoms with van der Waals surface area (Å²) in [5, 5.41) is 9.67. The lowest BCUT2D eigenvalue weighted by molar-refractivity contribution is 0.279. The fourth-order valence-corrected chi connectivity index (χ4v) is 2.10. The molecule has 0 atom stereocenters. The Morgan fingerprint density at radius 1 is 1.29 bits per heavy atom. The van der Waals surface area contributed by atoms with Crippen LogP contribution in [0.5, 0.6) is 11.5 Å². The number of nitrogens with two attached hydrogens (primary N) is 1. The topological polar surface area (TPSA) is 94.1 Å². The molecule has 2 N–H and O–H groups in total. The Kier molecular flexibility index (Phi) is 4.85. The first-order chi connectivity index (χ1) is 10.2. The van der Waals surface area contributed by atoms with Gasteiger partial charge in [0.1, 0.15) is 29.8 Å². The third-order valence-electron chi connectivity index (χ3n) is 2.72. The van der Waals surface area contributed by atoms with E-state index in [1.165, 1.54) is 11.8 Å². The predicted molar refractivity (Wildman–Crippen MR) is 80.3 cm³/mol. The van der Waals surface area contributed by atoms with Gasteiger partial charge in [0.05, 0.1) is 7.11 Å². The normalized spacial score (nSPS) is 9.95. The Morgan fingerprint density at radius 2 is 2.00 bits per heavy atom. The number of rotatable bonds is 5. The molecule has 21 heavy (non-hydrogen) atoms. The number of hydrogen-bond donors (Lipinski definition) is 1. The van der Waals surface area contributed by atoms with Crippen LogP contribution in [0.25, 0.3) is 0 Å². The van der Waals surface area contributed by atoms with Crippen LogP contribution in [0.4, 0.5) is 5.82 Å². The summed E-state index contributed by atoms with van der Waals surface area (Å²) in [6.45, 7) is 0.115. The highest BCUT2D eigenvalue weighted by Crippen LogP contribution is 2.27. The van der Waals surface area contributed by atoms with E-state index in [2.05, 4.69) is 9.97 Å². The summed E-state index contributed by atoms with van der Waals surface area (Å²) >= 11 is 1.35. The zero-order valence-corrected chi connectivity index (χ0v) is 12.5. The van der Waals surface area contributed by atoms with E-state index in [-0.39, 0.29) is 18.0 Å². The van der Waals surface area contributed by atoms with Gasteiger partial charge in [-0.1, -0.05) is 23.9 Å². The predicted octanol–water partition coefficient (Wildman–Crippen LogP) is 2.24.